The average Bonchev–Trinajstić information content (AvgIpc) is 2.61. The summed E-state index contributed by atoms with van der Waals surface area (Å²) in [4.78, 5) is 29.2. The zero-order chi connectivity index (χ0) is 18.0. The van der Waals surface area contributed by atoms with E-state index in [1.54, 1.807) is 30.5 Å². The lowest BCUT2D eigenvalue weighted by molar-refractivity contribution is -0.384. The fourth-order valence-corrected chi connectivity index (χ4v) is 2.73. The van der Waals surface area contributed by atoms with E-state index in [4.69, 9.17) is 0 Å². The molecule has 25 heavy (non-hydrogen) atoms. The molecule has 0 spiro atoms. The molecule has 0 aliphatic heterocycles. The molecule has 0 N–H and O–H groups in total. The van der Waals surface area contributed by atoms with Gasteiger partial charge in [-0.25, -0.2) is 4.98 Å². The van der Waals surface area contributed by atoms with Crippen molar-refractivity contribution in [2.24, 2.45) is 0 Å². The van der Waals surface area contributed by atoms with Crippen molar-refractivity contribution in [3.63, 3.8) is 0 Å². The standard InChI is InChI=1S/C18H18N4O3/c1-13(14-6-5-7-16(10-14)22(24)25)20(2)12-15-11-18(23)21-9-4-3-8-17(21)19-15/h3-11,13H,12H2,1-2H3/t13-/m0/s1. The van der Waals surface area contributed by atoms with E-state index < -0.39 is 4.92 Å². The smallest absolute Gasteiger partial charge is 0.269 e. The van der Waals surface area contributed by atoms with Gasteiger partial charge in [-0.05, 0) is 31.7 Å². The van der Waals surface area contributed by atoms with Crippen LogP contribution in [0.2, 0.25) is 0 Å². The SMILES string of the molecule is C[C@@H](c1cccc([N+](=O)[O-])c1)N(C)Cc1cc(=O)n2ccccc2n1. The zero-order valence-electron chi connectivity index (χ0n) is 14.0. The van der Waals surface area contributed by atoms with Gasteiger partial charge in [0.1, 0.15) is 5.65 Å². The van der Waals surface area contributed by atoms with E-state index in [2.05, 4.69) is 4.98 Å². The molecule has 0 fully saturated rings. The number of nitrogens with zero attached hydrogens (tertiary/aromatic N) is 4. The van der Waals surface area contributed by atoms with Gasteiger partial charge in [-0.15, -0.1) is 0 Å². The first-order valence-corrected chi connectivity index (χ1v) is 7.87. The van der Waals surface area contributed by atoms with Crippen molar-refractivity contribution in [2.45, 2.75) is 19.5 Å². The third kappa shape index (κ3) is 3.56. The molecule has 2 aromatic heterocycles. The molecule has 0 saturated carbocycles. The van der Waals surface area contributed by atoms with Crippen LogP contribution in [0.15, 0.2) is 59.5 Å². The Morgan fingerprint density at radius 1 is 1.24 bits per heavy atom. The Labute approximate surface area is 144 Å². The van der Waals surface area contributed by atoms with Gasteiger partial charge in [0, 0.05) is 37.0 Å². The van der Waals surface area contributed by atoms with Crippen LogP contribution in [0.3, 0.4) is 0 Å². The number of nitro groups is 1. The molecule has 7 nitrogen and oxygen atoms in total. The number of aromatic nitrogens is 2. The summed E-state index contributed by atoms with van der Waals surface area (Å²) in [5, 5.41) is 10.9. The monoisotopic (exact) mass is 338 g/mol. The number of benzene rings is 1. The number of non-ortho nitro benzene ring substituents is 1. The largest absolute Gasteiger partial charge is 0.294 e. The number of fused-ring (bicyclic) bond motifs is 1. The number of nitro benzene ring substituents is 1. The summed E-state index contributed by atoms with van der Waals surface area (Å²) in [6.07, 6.45) is 1.68. The van der Waals surface area contributed by atoms with Crippen molar-refractivity contribution in [3.05, 3.63) is 86.5 Å². The van der Waals surface area contributed by atoms with Crippen LogP contribution in [0.5, 0.6) is 0 Å². The van der Waals surface area contributed by atoms with Gasteiger partial charge in [0.25, 0.3) is 11.2 Å². The van der Waals surface area contributed by atoms with Crippen molar-refractivity contribution in [2.75, 3.05) is 7.05 Å². The quantitative estimate of drug-likeness (QED) is 0.528. The summed E-state index contributed by atoms with van der Waals surface area (Å²) in [7, 11) is 1.90. The lowest BCUT2D eigenvalue weighted by Crippen LogP contribution is -2.24. The first-order chi connectivity index (χ1) is 12.0. The van der Waals surface area contributed by atoms with Crippen LogP contribution < -0.4 is 5.56 Å². The van der Waals surface area contributed by atoms with Gasteiger partial charge in [0.05, 0.1) is 10.6 Å². The van der Waals surface area contributed by atoms with E-state index in [0.717, 1.165) is 5.56 Å². The first-order valence-electron chi connectivity index (χ1n) is 7.87. The molecule has 1 atom stereocenters. The van der Waals surface area contributed by atoms with E-state index in [9.17, 15) is 14.9 Å². The maximum absolute atomic E-state index is 12.2. The lowest BCUT2D eigenvalue weighted by atomic mass is 10.1. The Hall–Kier alpha value is -3.06. The fourth-order valence-electron chi connectivity index (χ4n) is 2.73. The minimum Gasteiger partial charge on any atom is -0.294 e. The Bertz CT molecular complexity index is 983. The number of rotatable bonds is 5. The summed E-state index contributed by atoms with van der Waals surface area (Å²) in [5.41, 5.74) is 2.04. The van der Waals surface area contributed by atoms with Crippen LogP contribution in [-0.4, -0.2) is 26.3 Å². The highest BCUT2D eigenvalue weighted by molar-refractivity contribution is 5.38. The molecule has 1 aromatic carbocycles. The van der Waals surface area contributed by atoms with Gasteiger partial charge in [-0.2, -0.15) is 0 Å². The normalized spacial score (nSPS) is 12.4. The Morgan fingerprint density at radius 3 is 2.80 bits per heavy atom. The van der Waals surface area contributed by atoms with Gasteiger partial charge in [-0.3, -0.25) is 24.2 Å². The highest BCUT2D eigenvalue weighted by Gasteiger charge is 2.16. The molecule has 7 heteroatoms. The average molecular weight is 338 g/mol. The number of hydrogen-bond acceptors (Lipinski definition) is 5. The summed E-state index contributed by atoms with van der Waals surface area (Å²) in [6, 6.07) is 13.4. The summed E-state index contributed by atoms with van der Waals surface area (Å²) in [6.45, 7) is 2.43. The van der Waals surface area contributed by atoms with Crippen molar-refractivity contribution in [1.82, 2.24) is 14.3 Å². The third-order valence-corrected chi connectivity index (χ3v) is 4.26. The molecule has 3 rings (SSSR count). The maximum Gasteiger partial charge on any atom is 0.269 e. The maximum atomic E-state index is 12.2. The molecule has 0 aliphatic rings. The summed E-state index contributed by atoms with van der Waals surface area (Å²) < 4.78 is 1.49. The molecule has 3 aromatic rings. The Morgan fingerprint density at radius 2 is 2.04 bits per heavy atom. The van der Waals surface area contributed by atoms with E-state index in [0.29, 0.717) is 17.9 Å². The first kappa shape index (κ1) is 16.8. The second-order valence-corrected chi connectivity index (χ2v) is 5.96. The van der Waals surface area contributed by atoms with Crippen molar-refractivity contribution >= 4 is 11.3 Å². The molecular weight excluding hydrogens is 320 g/mol. The molecule has 0 aliphatic carbocycles. The van der Waals surface area contributed by atoms with Crippen LogP contribution in [0.25, 0.3) is 5.65 Å². The van der Waals surface area contributed by atoms with E-state index in [-0.39, 0.29) is 17.3 Å². The molecule has 0 radical (unpaired) electrons. The van der Waals surface area contributed by atoms with Crippen LogP contribution in [-0.2, 0) is 6.54 Å². The van der Waals surface area contributed by atoms with E-state index in [1.165, 1.54) is 16.5 Å². The topological polar surface area (TPSA) is 80.8 Å². The fraction of sp³-hybridized carbons (Fsp3) is 0.222. The van der Waals surface area contributed by atoms with Gasteiger partial charge in [-0.1, -0.05) is 18.2 Å². The molecule has 0 bridgehead atoms. The Kier molecular flexibility index (Phi) is 4.58. The highest BCUT2D eigenvalue weighted by atomic mass is 16.6. The molecule has 0 saturated heterocycles. The third-order valence-electron chi connectivity index (χ3n) is 4.26. The van der Waals surface area contributed by atoms with Gasteiger partial charge >= 0.3 is 0 Å². The van der Waals surface area contributed by atoms with Crippen molar-refractivity contribution < 1.29 is 4.92 Å². The molecule has 2 heterocycles. The second kappa shape index (κ2) is 6.82. The number of hydrogen-bond donors (Lipinski definition) is 0. The predicted molar refractivity (Wildman–Crippen MR) is 94.4 cm³/mol. The second-order valence-electron chi connectivity index (χ2n) is 5.96. The van der Waals surface area contributed by atoms with Crippen LogP contribution in [0, 0.1) is 10.1 Å². The minimum atomic E-state index is -0.401. The van der Waals surface area contributed by atoms with Crippen LogP contribution in [0.1, 0.15) is 24.2 Å². The van der Waals surface area contributed by atoms with E-state index in [1.807, 2.05) is 31.0 Å². The van der Waals surface area contributed by atoms with Gasteiger partial charge < -0.3 is 0 Å². The van der Waals surface area contributed by atoms with Crippen LogP contribution in [0.4, 0.5) is 5.69 Å². The predicted octanol–water partition coefficient (Wildman–Crippen LogP) is 2.80. The molecule has 0 amide bonds. The van der Waals surface area contributed by atoms with Crippen molar-refractivity contribution in [3.8, 4) is 0 Å². The lowest BCUT2D eigenvalue weighted by Gasteiger charge is -2.24. The zero-order valence-corrected chi connectivity index (χ0v) is 14.0. The van der Waals surface area contributed by atoms with Crippen molar-refractivity contribution in [1.29, 1.82) is 0 Å². The minimum absolute atomic E-state index is 0.0593. The highest BCUT2D eigenvalue weighted by Crippen LogP contribution is 2.23. The van der Waals surface area contributed by atoms with Gasteiger partial charge in [0.2, 0.25) is 0 Å². The molecule has 0 unspecified atom stereocenters. The number of pyridine rings is 1. The summed E-state index contributed by atoms with van der Waals surface area (Å²) >= 11 is 0. The molecule has 128 valence electrons. The van der Waals surface area contributed by atoms with Gasteiger partial charge in [0.15, 0.2) is 0 Å². The van der Waals surface area contributed by atoms with Crippen LogP contribution >= 0.6 is 0 Å². The summed E-state index contributed by atoms with van der Waals surface area (Å²) in [5.74, 6) is 0. The van der Waals surface area contributed by atoms with E-state index >= 15 is 0 Å². The molecular formula is C18H18N4O3. The Balaban J connectivity index is 1.84.